The number of likely N-dealkylation sites (N-methyl/N-ethyl adjacent to an activating group) is 2. The van der Waals surface area contributed by atoms with Crippen molar-refractivity contribution >= 4 is 0 Å². The maximum Gasteiger partial charge on any atom is 0.207 e. The van der Waals surface area contributed by atoms with E-state index in [0.29, 0.717) is 70.3 Å². The lowest BCUT2D eigenvalue weighted by molar-refractivity contribution is 0.221. The van der Waals surface area contributed by atoms with Gasteiger partial charge < -0.3 is 47.7 Å². The quantitative estimate of drug-likeness (QED) is 0.147. The second kappa shape index (κ2) is 16.4. The smallest absolute Gasteiger partial charge is 0.207 e. The zero-order valence-electron chi connectivity index (χ0n) is 33.0. The zero-order chi connectivity index (χ0) is 38.7. The van der Waals surface area contributed by atoms with E-state index in [2.05, 4.69) is 36.0 Å². The molecule has 12 nitrogen and oxygen atoms in total. The molecule has 2 atom stereocenters. The van der Waals surface area contributed by atoms with Crippen LogP contribution in [0.25, 0.3) is 0 Å². The first-order valence-electron chi connectivity index (χ1n) is 17.9. The Morgan fingerprint density at radius 3 is 1.74 bits per heavy atom. The van der Waals surface area contributed by atoms with Crippen LogP contribution in [0.5, 0.6) is 63.2 Å². The van der Waals surface area contributed by atoms with Gasteiger partial charge in [-0.3, -0.25) is 9.80 Å². The lowest BCUT2D eigenvalue weighted by atomic mass is 9.87. The van der Waals surface area contributed by atoms with Crippen LogP contribution in [0.1, 0.15) is 45.5 Å². The largest absolute Gasteiger partial charge is 0.504 e. The molecule has 4 aromatic carbocycles. The molecule has 2 heterocycles. The Morgan fingerprint density at radius 2 is 1.13 bits per heavy atom. The third-order valence-electron chi connectivity index (χ3n) is 10.8. The first-order chi connectivity index (χ1) is 26.1. The Hall–Kier alpha value is -5.20. The molecule has 0 saturated carbocycles. The number of aromatic hydroxyl groups is 1. The monoisotopic (exact) mass is 744 g/mol. The lowest BCUT2D eigenvalue weighted by Crippen LogP contribution is -2.34. The number of nitrogens with zero attached hydrogens (tertiary/aromatic N) is 2. The van der Waals surface area contributed by atoms with Crippen LogP contribution in [0.3, 0.4) is 0 Å². The van der Waals surface area contributed by atoms with Crippen molar-refractivity contribution < 1.29 is 47.7 Å². The molecule has 0 amide bonds. The molecular formula is C42H52N2O10. The average molecular weight is 745 g/mol. The molecule has 0 aliphatic carbocycles. The third-order valence-corrected chi connectivity index (χ3v) is 10.8. The minimum absolute atomic E-state index is 0.0205. The van der Waals surface area contributed by atoms with Crippen LogP contribution >= 0.6 is 0 Å². The highest BCUT2D eigenvalue weighted by molar-refractivity contribution is 5.66. The SMILES string of the molecule is COc1ccc(CC2c3cc(Oc4cc(CC5c6cc(OC)c(OC)c(OC)c6CCN5C)c(OC)c(OC)c4OC)c(OC)cc3CCN2C)cc1O. The van der Waals surface area contributed by atoms with E-state index in [0.717, 1.165) is 53.7 Å². The second-order valence-corrected chi connectivity index (χ2v) is 13.6. The van der Waals surface area contributed by atoms with Gasteiger partial charge in [0.1, 0.15) is 0 Å². The maximum atomic E-state index is 10.5. The highest BCUT2D eigenvalue weighted by Gasteiger charge is 2.34. The van der Waals surface area contributed by atoms with E-state index < -0.39 is 0 Å². The van der Waals surface area contributed by atoms with E-state index in [-0.39, 0.29) is 17.8 Å². The standard InChI is InChI=1S/C42H52N2O10/c1-43-15-13-25-20-34(47-4)35(22-28(25)30(43)17-24-11-12-33(46-3)32(45)18-24)54-37-21-26(38(49-6)42(53-10)41(37)52-9)19-31-29-23-36(48-5)40(51-8)39(50-7)27(29)14-16-44(31)2/h11-12,18,20-23,30-31,45H,13-17,19H2,1-10H3. The van der Waals surface area contributed by atoms with E-state index in [1.54, 1.807) is 69.0 Å². The van der Waals surface area contributed by atoms with E-state index in [4.69, 9.17) is 42.6 Å². The summed E-state index contributed by atoms with van der Waals surface area (Å²) in [6.07, 6.45) is 2.87. The fraction of sp³-hybridized carbons (Fsp3) is 0.429. The Morgan fingerprint density at radius 1 is 0.537 bits per heavy atom. The molecule has 4 aromatic rings. The van der Waals surface area contributed by atoms with Gasteiger partial charge in [-0.1, -0.05) is 6.07 Å². The van der Waals surface area contributed by atoms with Gasteiger partial charge in [-0.05, 0) is 98.4 Å². The molecule has 290 valence electrons. The van der Waals surface area contributed by atoms with E-state index in [1.165, 1.54) is 5.56 Å². The van der Waals surface area contributed by atoms with Crippen molar-refractivity contribution in [1.29, 1.82) is 0 Å². The van der Waals surface area contributed by atoms with Gasteiger partial charge >= 0.3 is 0 Å². The fourth-order valence-corrected chi connectivity index (χ4v) is 7.97. The Kier molecular flexibility index (Phi) is 11.7. The molecule has 0 aromatic heterocycles. The molecule has 54 heavy (non-hydrogen) atoms. The summed E-state index contributed by atoms with van der Waals surface area (Å²) in [4.78, 5) is 4.64. The van der Waals surface area contributed by atoms with Crippen molar-refractivity contribution in [3.63, 3.8) is 0 Å². The van der Waals surface area contributed by atoms with Gasteiger partial charge in [-0.2, -0.15) is 0 Å². The Labute approximate surface area is 317 Å². The summed E-state index contributed by atoms with van der Waals surface area (Å²) in [5.74, 6) is 5.38. The van der Waals surface area contributed by atoms with Gasteiger partial charge in [-0.25, -0.2) is 0 Å². The molecule has 0 saturated heterocycles. The second-order valence-electron chi connectivity index (χ2n) is 13.6. The molecule has 2 aliphatic rings. The first kappa shape index (κ1) is 38.5. The molecular weight excluding hydrogens is 692 g/mol. The highest BCUT2D eigenvalue weighted by atomic mass is 16.6. The molecule has 0 spiro atoms. The van der Waals surface area contributed by atoms with E-state index >= 15 is 0 Å². The molecule has 0 bridgehead atoms. The van der Waals surface area contributed by atoms with Crippen molar-refractivity contribution in [2.45, 2.75) is 37.8 Å². The van der Waals surface area contributed by atoms with Crippen LogP contribution in [0.4, 0.5) is 0 Å². The summed E-state index contributed by atoms with van der Waals surface area (Å²) < 4.78 is 53.3. The molecule has 2 unspecified atom stereocenters. The molecule has 12 heteroatoms. The summed E-state index contributed by atoms with van der Waals surface area (Å²) in [7, 11) is 17.1. The van der Waals surface area contributed by atoms with Crippen molar-refractivity contribution in [2.75, 3.05) is 84.1 Å². The summed E-state index contributed by atoms with van der Waals surface area (Å²) in [6, 6.07) is 13.6. The van der Waals surface area contributed by atoms with Crippen molar-refractivity contribution in [3.05, 3.63) is 75.8 Å². The number of ether oxygens (including phenoxy) is 9. The van der Waals surface area contributed by atoms with Crippen LogP contribution in [0, 0.1) is 0 Å². The molecule has 2 aliphatic heterocycles. The first-order valence-corrected chi connectivity index (χ1v) is 17.9. The maximum absolute atomic E-state index is 10.5. The fourth-order valence-electron chi connectivity index (χ4n) is 7.97. The minimum atomic E-state index is -0.0747. The molecule has 1 N–H and O–H groups in total. The number of fused-ring (bicyclic) bond motifs is 2. The zero-order valence-corrected chi connectivity index (χ0v) is 33.0. The summed E-state index contributed by atoms with van der Waals surface area (Å²) in [5, 5.41) is 10.5. The van der Waals surface area contributed by atoms with Gasteiger partial charge in [0.15, 0.2) is 46.0 Å². The molecule has 6 rings (SSSR count). The normalized spacial score (nSPS) is 16.9. The number of rotatable bonds is 14. The van der Waals surface area contributed by atoms with E-state index in [9.17, 15) is 5.11 Å². The van der Waals surface area contributed by atoms with Crippen LogP contribution in [-0.4, -0.2) is 99.0 Å². The highest BCUT2D eigenvalue weighted by Crippen LogP contribution is 2.52. The Balaban J connectivity index is 1.43. The minimum Gasteiger partial charge on any atom is -0.504 e. The summed E-state index contributed by atoms with van der Waals surface area (Å²) in [6.45, 7) is 1.68. The average Bonchev–Trinajstić information content (AvgIpc) is 3.18. The number of phenols is 1. The topological polar surface area (TPSA) is 110 Å². The predicted molar refractivity (Wildman–Crippen MR) is 205 cm³/mol. The van der Waals surface area contributed by atoms with E-state index in [1.807, 2.05) is 18.2 Å². The van der Waals surface area contributed by atoms with Gasteiger partial charge in [0.05, 0.1) is 56.9 Å². The number of methoxy groups -OCH3 is 8. The number of hydrogen-bond donors (Lipinski definition) is 1. The number of phenolic OH excluding ortho intramolecular Hbond substituents is 1. The van der Waals surface area contributed by atoms with Gasteiger partial charge in [0, 0.05) is 36.3 Å². The van der Waals surface area contributed by atoms with Crippen LogP contribution < -0.4 is 42.6 Å². The Bertz CT molecular complexity index is 1980. The van der Waals surface area contributed by atoms with Crippen molar-refractivity contribution in [3.8, 4) is 63.2 Å². The van der Waals surface area contributed by atoms with Crippen molar-refractivity contribution in [1.82, 2.24) is 9.80 Å². The third kappa shape index (κ3) is 7.07. The van der Waals surface area contributed by atoms with Crippen LogP contribution in [0.15, 0.2) is 42.5 Å². The lowest BCUT2D eigenvalue weighted by Gasteiger charge is -2.36. The molecule has 0 radical (unpaired) electrons. The summed E-state index contributed by atoms with van der Waals surface area (Å²) >= 11 is 0. The summed E-state index contributed by atoms with van der Waals surface area (Å²) in [5.41, 5.74) is 6.31. The number of benzene rings is 4. The van der Waals surface area contributed by atoms with Crippen LogP contribution in [0.2, 0.25) is 0 Å². The van der Waals surface area contributed by atoms with Gasteiger partial charge in [0.25, 0.3) is 0 Å². The molecule has 0 fully saturated rings. The van der Waals surface area contributed by atoms with Crippen molar-refractivity contribution in [2.24, 2.45) is 0 Å². The van der Waals surface area contributed by atoms with Gasteiger partial charge in [-0.15, -0.1) is 0 Å². The predicted octanol–water partition coefficient (Wildman–Crippen LogP) is 6.80. The van der Waals surface area contributed by atoms with Crippen LogP contribution in [-0.2, 0) is 25.7 Å². The number of hydrogen-bond acceptors (Lipinski definition) is 12. The van der Waals surface area contributed by atoms with Gasteiger partial charge in [0.2, 0.25) is 17.2 Å².